The zero-order valence-electron chi connectivity index (χ0n) is 13.3. The summed E-state index contributed by atoms with van der Waals surface area (Å²) < 4.78 is 0. The van der Waals surface area contributed by atoms with Gasteiger partial charge in [-0.1, -0.05) is 13.8 Å². The van der Waals surface area contributed by atoms with Gasteiger partial charge in [-0.15, -0.1) is 0 Å². The number of hydrogen-bond donors (Lipinski definition) is 2. The molecule has 22 heavy (non-hydrogen) atoms. The number of nitrogens with zero attached hydrogens (tertiary/aromatic N) is 3. The summed E-state index contributed by atoms with van der Waals surface area (Å²) in [6.07, 6.45) is 3.41. The van der Waals surface area contributed by atoms with Gasteiger partial charge in [0, 0.05) is 36.8 Å². The summed E-state index contributed by atoms with van der Waals surface area (Å²) >= 11 is 0. The summed E-state index contributed by atoms with van der Waals surface area (Å²) in [4.78, 5) is 24.9. The molecule has 0 aliphatic carbocycles. The third-order valence-electron chi connectivity index (χ3n) is 3.29. The number of hydrogen-bond acceptors (Lipinski definition) is 5. The first kappa shape index (κ1) is 15.9. The Morgan fingerprint density at radius 2 is 1.86 bits per heavy atom. The maximum absolute atomic E-state index is 12.0. The number of amides is 1. The van der Waals surface area contributed by atoms with Crippen molar-refractivity contribution >= 4 is 11.7 Å². The molecule has 6 nitrogen and oxygen atoms in total. The van der Waals surface area contributed by atoms with Crippen molar-refractivity contribution < 1.29 is 4.79 Å². The fourth-order valence-corrected chi connectivity index (χ4v) is 2.12. The highest BCUT2D eigenvalue weighted by Gasteiger charge is 2.21. The molecule has 2 aromatic heterocycles. The largest absolute Gasteiger partial charge is 0.358 e. The maximum atomic E-state index is 12.0. The van der Waals surface area contributed by atoms with E-state index in [1.54, 1.807) is 19.4 Å². The molecule has 0 bridgehead atoms. The van der Waals surface area contributed by atoms with Crippen molar-refractivity contribution in [3.8, 4) is 11.4 Å². The Balaban J connectivity index is 2.32. The van der Waals surface area contributed by atoms with Crippen molar-refractivity contribution in [1.29, 1.82) is 0 Å². The highest BCUT2D eigenvalue weighted by atomic mass is 16.2. The van der Waals surface area contributed by atoms with Crippen molar-refractivity contribution in [3.63, 3.8) is 0 Å². The average molecular weight is 299 g/mol. The van der Waals surface area contributed by atoms with E-state index in [2.05, 4.69) is 25.6 Å². The fourth-order valence-electron chi connectivity index (χ4n) is 2.12. The van der Waals surface area contributed by atoms with Gasteiger partial charge in [0.15, 0.2) is 5.82 Å². The molecule has 0 radical (unpaired) electrons. The number of rotatable bonds is 5. The van der Waals surface area contributed by atoms with Crippen LogP contribution in [0.5, 0.6) is 0 Å². The number of aryl methyl sites for hydroxylation is 1. The van der Waals surface area contributed by atoms with Crippen LogP contribution in [-0.2, 0) is 4.79 Å². The third-order valence-corrected chi connectivity index (χ3v) is 3.29. The lowest BCUT2D eigenvalue weighted by atomic mass is 10.0. The van der Waals surface area contributed by atoms with Crippen molar-refractivity contribution in [2.24, 2.45) is 5.92 Å². The van der Waals surface area contributed by atoms with Crippen LogP contribution >= 0.6 is 0 Å². The van der Waals surface area contributed by atoms with Crippen LogP contribution in [0.1, 0.15) is 19.5 Å². The van der Waals surface area contributed by atoms with Gasteiger partial charge in [0.1, 0.15) is 11.9 Å². The van der Waals surface area contributed by atoms with Crippen molar-refractivity contribution in [1.82, 2.24) is 20.3 Å². The molecular formula is C16H21N5O. The van der Waals surface area contributed by atoms with Gasteiger partial charge >= 0.3 is 0 Å². The topological polar surface area (TPSA) is 79.8 Å². The molecule has 0 fully saturated rings. The summed E-state index contributed by atoms with van der Waals surface area (Å²) in [5.74, 6) is 1.34. The molecule has 116 valence electrons. The van der Waals surface area contributed by atoms with Crippen molar-refractivity contribution in [3.05, 3.63) is 36.3 Å². The summed E-state index contributed by atoms with van der Waals surface area (Å²) in [6, 6.07) is 5.21. The number of nitrogens with one attached hydrogen (secondary N) is 2. The average Bonchev–Trinajstić information content (AvgIpc) is 2.52. The number of pyridine rings is 1. The second kappa shape index (κ2) is 6.98. The summed E-state index contributed by atoms with van der Waals surface area (Å²) in [5, 5.41) is 5.88. The van der Waals surface area contributed by atoms with E-state index < -0.39 is 0 Å². The van der Waals surface area contributed by atoms with Crippen LogP contribution in [-0.4, -0.2) is 33.9 Å². The van der Waals surface area contributed by atoms with Crippen LogP contribution in [0.15, 0.2) is 30.6 Å². The Hall–Kier alpha value is -2.50. The molecule has 6 heteroatoms. The van der Waals surface area contributed by atoms with Gasteiger partial charge < -0.3 is 10.6 Å². The number of carbonyl (C=O) groups is 1. The van der Waals surface area contributed by atoms with Gasteiger partial charge in [-0.25, -0.2) is 9.97 Å². The van der Waals surface area contributed by atoms with Gasteiger partial charge in [-0.2, -0.15) is 0 Å². The minimum absolute atomic E-state index is 0.0586. The minimum Gasteiger partial charge on any atom is -0.358 e. The van der Waals surface area contributed by atoms with E-state index in [4.69, 9.17) is 0 Å². The lowest BCUT2D eigenvalue weighted by Gasteiger charge is -2.21. The zero-order valence-corrected chi connectivity index (χ0v) is 13.3. The van der Waals surface area contributed by atoms with Gasteiger partial charge in [0.25, 0.3) is 0 Å². The van der Waals surface area contributed by atoms with Crippen LogP contribution in [0.25, 0.3) is 11.4 Å². The van der Waals surface area contributed by atoms with E-state index >= 15 is 0 Å². The summed E-state index contributed by atoms with van der Waals surface area (Å²) in [7, 11) is 1.63. The lowest BCUT2D eigenvalue weighted by Crippen LogP contribution is -2.41. The molecule has 0 saturated carbocycles. The fraction of sp³-hybridized carbons (Fsp3) is 0.375. The highest BCUT2D eigenvalue weighted by molar-refractivity contribution is 5.84. The first-order valence-corrected chi connectivity index (χ1v) is 7.25. The van der Waals surface area contributed by atoms with E-state index in [0.717, 1.165) is 11.3 Å². The molecule has 1 amide bonds. The Morgan fingerprint density at radius 3 is 2.45 bits per heavy atom. The Kier molecular flexibility index (Phi) is 5.04. The molecule has 0 saturated heterocycles. The molecule has 2 aromatic rings. The first-order valence-electron chi connectivity index (χ1n) is 7.25. The molecule has 2 rings (SSSR count). The normalized spacial score (nSPS) is 12.0. The van der Waals surface area contributed by atoms with E-state index in [1.165, 1.54) is 0 Å². The molecule has 1 unspecified atom stereocenters. The number of anilines is 1. The van der Waals surface area contributed by atoms with Gasteiger partial charge in [-0.3, -0.25) is 9.78 Å². The van der Waals surface area contributed by atoms with E-state index in [0.29, 0.717) is 11.6 Å². The molecule has 0 aliphatic heterocycles. The van der Waals surface area contributed by atoms with Gasteiger partial charge in [0.2, 0.25) is 5.91 Å². The molecule has 0 aliphatic rings. The Labute approximate surface area is 130 Å². The number of likely N-dealkylation sites (N-methyl/N-ethyl adjacent to an activating group) is 1. The molecular weight excluding hydrogens is 278 g/mol. The maximum Gasteiger partial charge on any atom is 0.242 e. The Morgan fingerprint density at radius 1 is 1.18 bits per heavy atom. The van der Waals surface area contributed by atoms with Crippen LogP contribution < -0.4 is 10.6 Å². The highest BCUT2D eigenvalue weighted by Crippen LogP contribution is 2.18. The number of aromatic nitrogens is 3. The van der Waals surface area contributed by atoms with E-state index in [9.17, 15) is 4.79 Å². The quantitative estimate of drug-likeness (QED) is 0.883. The van der Waals surface area contributed by atoms with Crippen molar-refractivity contribution in [2.45, 2.75) is 26.8 Å². The SMILES string of the molecule is CNC(=O)C(Nc1cc(C)nc(-c2ccncc2)n1)C(C)C. The second-order valence-corrected chi connectivity index (χ2v) is 5.43. The molecule has 2 heterocycles. The predicted molar refractivity (Wildman–Crippen MR) is 86.3 cm³/mol. The second-order valence-electron chi connectivity index (χ2n) is 5.43. The third kappa shape index (κ3) is 3.78. The van der Waals surface area contributed by atoms with Crippen LogP contribution in [0, 0.1) is 12.8 Å². The monoisotopic (exact) mass is 299 g/mol. The Bertz CT molecular complexity index is 642. The number of carbonyl (C=O) groups excluding carboxylic acids is 1. The first-order chi connectivity index (χ1) is 10.5. The van der Waals surface area contributed by atoms with Gasteiger partial charge in [0.05, 0.1) is 0 Å². The molecule has 0 spiro atoms. The lowest BCUT2D eigenvalue weighted by molar-refractivity contribution is -0.122. The molecule has 1 atom stereocenters. The van der Waals surface area contributed by atoms with Crippen molar-refractivity contribution in [2.75, 3.05) is 12.4 Å². The smallest absolute Gasteiger partial charge is 0.242 e. The summed E-state index contributed by atoms with van der Waals surface area (Å²) in [5.41, 5.74) is 1.73. The standard InChI is InChI=1S/C16H21N5O/c1-10(2)14(16(22)17-4)20-13-9-11(3)19-15(21-13)12-5-7-18-8-6-12/h5-10,14H,1-4H3,(H,17,22)(H,19,20,21). The predicted octanol–water partition coefficient (Wildman–Crippen LogP) is 2.03. The van der Waals surface area contributed by atoms with Gasteiger partial charge in [-0.05, 0) is 25.0 Å². The zero-order chi connectivity index (χ0) is 16.1. The molecule has 2 N–H and O–H groups in total. The van der Waals surface area contributed by atoms with E-state index in [1.807, 2.05) is 39.0 Å². The van der Waals surface area contributed by atoms with Crippen LogP contribution in [0.2, 0.25) is 0 Å². The minimum atomic E-state index is -0.343. The molecule has 0 aromatic carbocycles. The van der Waals surface area contributed by atoms with Crippen LogP contribution in [0.3, 0.4) is 0 Å². The van der Waals surface area contributed by atoms with E-state index in [-0.39, 0.29) is 17.9 Å². The van der Waals surface area contributed by atoms with Crippen LogP contribution in [0.4, 0.5) is 5.82 Å². The summed E-state index contributed by atoms with van der Waals surface area (Å²) in [6.45, 7) is 5.89.